The number of likely N-dealkylation sites (N-methyl/N-ethyl adjacent to an activating group) is 1. The van der Waals surface area contributed by atoms with E-state index in [2.05, 4.69) is 27.8 Å². The molecule has 0 N–H and O–H groups in total. The van der Waals surface area contributed by atoms with E-state index in [1.165, 1.54) is 19.3 Å². The molecule has 3 rings (SSSR count). The number of morpholine rings is 1. The summed E-state index contributed by atoms with van der Waals surface area (Å²) >= 11 is 0. The summed E-state index contributed by atoms with van der Waals surface area (Å²) in [6, 6.07) is 0. The number of fused-ring (bicyclic) bond motifs is 2. The molecule has 20 heavy (non-hydrogen) atoms. The molecule has 3 nitrogen and oxygen atoms in total. The molecule has 0 aromatic heterocycles. The van der Waals surface area contributed by atoms with Crippen LogP contribution in [0.2, 0.25) is 0 Å². The first kappa shape index (κ1) is 14.8. The molecule has 3 fully saturated rings. The maximum absolute atomic E-state index is 6.39. The van der Waals surface area contributed by atoms with Gasteiger partial charge in [-0.05, 0) is 36.0 Å². The van der Waals surface area contributed by atoms with Crippen molar-refractivity contribution in [2.75, 3.05) is 46.5 Å². The van der Waals surface area contributed by atoms with Crippen LogP contribution in [0, 0.1) is 16.7 Å². The minimum atomic E-state index is 0.404. The van der Waals surface area contributed by atoms with E-state index in [0.29, 0.717) is 16.9 Å². The summed E-state index contributed by atoms with van der Waals surface area (Å²) in [6.45, 7) is 13.5. The first-order chi connectivity index (χ1) is 9.37. The average Bonchev–Trinajstić information content (AvgIpc) is 2.72. The van der Waals surface area contributed by atoms with Crippen LogP contribution in [-0.4, -0.2) is 57.1 Å². The second kappa shape index (κ2) is 4.96. The molecular formula is C17H32NO2+. The summed E-state index contributed by atoms with van der Waals surface area (Å²) in [7, 11) is 2.35. The maximum Gasteiger partial charge on any atom is 0.102 e. The molecule has 1 heterocycles. The van der Waals surface area contributed by atoms with E-state index in [1.807, 2.05) is 0 Å². The van der Waals surface area contributed by atoms with E-state index in [0.717, 1.165) is 49.9 Å². The van der Waals surface area contributed by atoms with E-state index in [9.17, 15) is 0 Å². The molecule has 3 heteroatoms. The van der Waals surface area contributed by atoms with Crippen molar-refractivity contribution in [2.24, 2.45) is 16.7 Å². The van der Waals surface area contributed by atoms with Crippen molar-refractivity contribution < 1.29 is 14.0 Å². The molecule has 0 aromatic rings. The number of nitrogens with zero attached hydrogens (tertiary/aromatic N) is 1. The highest BCUT2D eigenvalue weighted by molar-refractivity contribution is 5.11. The molecule has 3 atom stereocenters. The Labute approximate surface area is 124 Å². The Morgan fingerprint density at radius 1 is 1.20 bits per heavy atom. The highest BCUT2D eigenvalue weighted by atomic mass is 16.5. The summed E-state index contributed by atoms with van der Waals surface area (Å²) in [5.74, 6) is 0.880. The Morgan fingerprint density at radius 3 is 2.45 bits per heavy atom. The maximum atomic E-state index is 6.39. The standard InChI is InChI=1S/C17H32NO2/c1-16(2)14-5-6-17(16,3)15(13-14)20-12-9-18(4)7-10-19-11-8-18/h14-15H,5-13H2,1-4H3/q+1/t14-,15-,17-/m0/s1. The van der Waals surface area contributed by atoms with Crippen LogP contribution < -0.4 is 0 Å². The highest BCUT2D eigenvalue weighted by Gasteiger charge is 2.61. The fraction of sp³-hybridized carbons (Fsp3) is 1.00. The van der Waals surface area contributed by atoms with E-state index in [-0.39, 0.29) is 0 Å². The van der Waals surface area contributed by atoms with Gasteiger partial charge in [0.05, 0.1) is 33.0 Å². The zero-order valence-electron chi connectivity index (χ0n) is 13.8. The van der Waals surface area contributed by atoms with Gasteiger partial charge >= 0.3 is 0 Å². The van der Waals surface area contributed by atoms with E-state index >= 15 is 0 Å². The Morgan fingerprint density at radius 2 is 1.90 bits per heavy atom. The molecular weight excluding hydrogens is 250 g/mol. The van der Waals surface area contributed by atoms with Gasteiger partial charge in [-0.25, -0.2) is 0 Å². The summed E-state index contributed by atoms with van der Waals surface area (Å²) in [5, 5.41) is 0. The summed E-state index contributed by atoms with van der Waals surface area (Å²) in [4.78, 5) is 0. The van der Waals surface area contributed by atoms with Gasteiger partial charge in [-0.3, -0.25) is 0 Å². The van der Waals surface area contributed by atoms with Crippen LogP contribution >= 0.6 is 0 Å². The Kier molecular flexibility index (Phi) is 3.67. The van der Waals surface area contributed by atoms with Crippen molar-refractivity contribution in [3.8, 4) is 0 Å². The Hall–Kier alpha value is -0.120. The molecule has 1 saturated heterocycles. The van der Waals surface area contributed by atoms with Crippen LogP contribution in [0.5, 0.6) is 0 Å². The quantitative estimate of drug-likeness (QED) is 0.738. The van der Waals surface area contributed by atoms with Crippen molar-refractivity contribution in [1.82, 2.24) is 0 Å². The number of ether oxygens (including phenoxy) is 2. The van der Waals surface area contributed by atoms with E-state index in [1.54, 1.807) is 0 Å². The van der Waals surface area contributed by atoms with Crippen molar-refractivity contribution in [1.29, 1.82) is 0 Å². The van der Waals surface area contributed by atoms with Gasteiger partial charge in [0, 0.05) is 0 Å². The molecule has 2 aliphatic carbocycles. The number of rotatable bonds is 4. The van der Waals surface area contributed by atoms with Crippen molar-refractivity contribution in [3.05, 3.63) is 0 Å². The lowest BCUT2D eigenvalue weighted by atomic mass is 9.70. The van der Waals surface area contributed by atoms with Crippen molar-refractivity contribution in [3.63, 3.8) is 0 Å². The molecule has 0 radical (unpaired) electrons. The van der Waals surface area contributed by atoms with Gasteiger partial charge in [0.1, 0.15) is 19.6 Å². The molecule has 3 aliphatic rings. The molecule has 0 aromatic carbocycles. The highest BCUT2D eigenvalue weighted by Crippen LogP contribution is 2.66. The second-order valence-corrected chi connectivity index (χ2v) is 8.37. The lowest BCUT2D eigenvalue weighted by Gasteiger charge is -2.40. The predicted octanol–water partition coefficient (Wildman–Crippen LogP) is 2.69. The molecule has 0 spiro atoms. The van der Waals surface area contributed by atoms with Gasteiger partial charge in [-0.1, -0.05) is 20.8 Å². The van der Waals surface area contributed by atoms with Crippen LogP contribution in [0.15, 0.2) is 0 Å². The molecule has 0 unspecified atom stereocenters. The van der Waals surface area contributed by atoms with Gasteiger partial charge in [-0.2, -0.15) is 0 Å². The second-order valence-electron chi connectivity index (χ2n) is 8.37. The third kappa shape index (κ3) is 2.22. The number of quaternary nitrogens is 1. The van der Waals surface area contributed by atoms with E-state index in [4.69, 9.17) is 9.47 Å². The van der Waals surface area contributed by atoms with Gasteiger partial charge < -0.3 is 14.0 Å². The first-order valence-electron chi connectivity index (χ1n) is 8.40. The SMILES string of the molecule is CC1(C)[C@H]2CC[C@@]1(C)[C@@H](OCC[N+]1(C)CCOCC1)C2. The largest absolute Gasteiger partial charge is 0.372 e. The van der Waals surface area contributed by atoms with Gasteiger partial charge in [0.25, 0.3) is 0 Å². The van der Waals surface area contributed by atoms with Crippen LogP contribution in [0.25, 0.3) is 0 Å². The average molecular weight is 282 g/mol. The molecule has 1 aliphatic heterocycles. The fourth-order valence-corrected chi connectivity index (χ4v) is 4.80. The molecule has 2 saturated carbocycles. The van der Waals surface area contributed by atoms with Crippen LogP contribution in [-0.2, 0) is 9.47 Å². The lowest BCUT2D eigenvalue weighted by molar-refractivity contribution is -0.917. The normalized spacial score (nSPS) is 42.0. The molecule has 0 amide bonds. The summed E-state index contributed by atoms with van der Waals surface area (Å²) in [5.41, 5.74) is 0.871. The van der Waals surface area contributed by atoms with Crippen LogP contribution in [0.4, 0.5) is 0 Å². The number of hydrogen-bond acceptors (Lipinski definition) is 2. The van der Waals surface area contributed by atoms with Crippen molar-refractivity contribution >= 4 is 0 Å². The minimum absolute atomic E-state index is 0.404. The number of hydrogen-bond donors (Lipinski definition) is 0. The molecule has 116 valence electrons. The topological polar surface area (TPSA) is 18.5 Å². The van der Waals surface area contributed by atoms with Crippen molar-refractivity contribution in [2.45, 2.75) is 46.1 Å². The minimum Gasteiger partial charge on any atom is -0.372 e. The molecule has 2 bridgehead atoms. The summed E-state index contributed by atoms with van der Waals surface area (Å²) in [6.07, 6.45) is 4.55. The van der Waals surface area contributed by atoms with Gasteiger partial charge in [0.15, 0.2) is 0 Å². The zero-order chi connectivity index (χ0) is 14.4. The fourth-order valence-electron chi connectivity index (χ4n) is 4.80. The lowest BCUT2D eigenvalue weighted by Crippen LogP contribution is -2.53. The third-order valence-corrected chi connectivity index (χ3v) is 7.22. The van der Waals surface area contributed by atoms with Gasteiger partial charge in [-0.15, -0.1) is 0 Å². The Bertz CT molecular complexity index is 362. The monoisotopic (exact) mass is 282 g/mol. The zero-order valence-corrected chi connectivity index (χ0v) is 13.8. The van der Waals surface area contributed by atoms with Gasteiger partial charge in [0.2, 0.25) is 0 Å². The third-order valence-electron chi connectivity index (χ3n) is 7.22. The smallest absolute Gasteiger partial charge is 0.102 e. The van der Waals surface area contributed by atoms with Crippen LogP contribution in [0.3, 0.4) is 0 Å². The summed E-state index contributed by atoms with van der Waals surface area (Å²) < 4.78 is 13.0. The predicted molar refractivity (Wildman–Crippen MR) is 80.6 cm³/mol. The van der Waals surface area contributed by atoms with Crippen LogP contribution in [0.1, 0.15) is 40.0 Å². The Balaban J connectivity index is 1.53. The first-order valence-corrected chi connectivity index (χ1v) is 8.40. The van der Waals surface area contributed by atoms with E-state index < -0.39 is 0 Å².